The molecule has 3 rings (SSSR count). The van der Waals surface area contributed by atoms with E-state index >= 15 is 0 Å². The molecule has 0 saturated carbocycles. The monoisotopic (exact) mass is 460 g/mol. The number of carbonyl (C=O) groups is 3. The second-order valence-electron chi connectivity index (χ2n) is 8.10. The summed E-state index contributed by atoms with van der Waals surface area (Å²) in [6.07, 6.45) is 4.18. The summed E-state index contributed by atoms with van der Waals surface area (Å²) in [5, 5.41) is 16.8. The van der Waals surface area contributed by atoms with Gasteiger partial charge in [0.25, 0.3) is 12.4 Å². The predicted molar refractivity (Wildman–Crippen MR) is 125 cm³/mol. The molecule has 2 aromatic heterocycles. The van der Waals surface area contributed by atoms with Crippen molar-refractivity contribution in [2.45, 2.75) is 39.2 Å². The van der Waals surface area contributed by atoms with Gasteiger partial charge in [-0.25, -0.2) is 0 Å². The molecule has 3 heterocycles. The number of aromatic nitrogens is 1. The topological polar surface area (TPSA) is 112 Å². The van der Waals surface area contributed by atoms with Crippen molar-refractivity contribution in [1.29, 1.82) is 0 Å². The fourth-order valence-corrected chi connectivity index (χ4v) is 4.50. The molecule has 8 nitrogen and oxygen atoms in total. The van der Waals surface area contributed by atoms with Crippen LogP contribution in [0.4, 0.5) is 0 Å². The molecule has 0 bridgehead atoms. The standard InChI is InChI=1S/C22H30N4O2S.CH2O2/c1-15-10-16(2)20(24-11-15)6-8-23-21(27)17-4-5-19(13-26(3)12-17)25-22(28)18-7-9-29-14-18;2-1-3/h7,9-11,14,17,19H,4-6,8,12-13H2,1-3H3,(H,23,27)(H,25,28);1H,(H,2,3)/t17-,19+;/m1./s1. The van der Waals surface area contributed by atoms with Crippen LogP contribution >= 0.6 is 11.3 Å². The molecule has 2 amide bonds. The Hall–Kier alpha value is -2.78. The minimum Gasteiger partial charge on any atom is -0.483 e. The maximum Gasteiger partial charge on any atom is 0.290 e. The Labute approximate surface area is 193 Å². The summed E-state index contributed by atoms with van der Waals surface area (Å²) in [5.74, 6) is -0.00457. The fraction of sp³-hybridized carbons (Fsp3) is 0.478. The van der Waals surface area contributed by atoms with Crippen LogP contribution in [0.5, 0.6) is 0 Å². The van der Waals surface area contributed by atoms with Gasteiger partial charge in [0, 0.05) is 54.9 Å². The number of nitrogens with one attached hydrogen (secondary N) is 2. The van der Waals surface area contributed by atoms with E-state index in [-0.39, 0.29) is 30.2 Å². The number of thiophene rings is 1. The van der Waals surface area contributed by atoms with Crippen LogP contribution in [0.2, 0.25) is 0 Å². The first kappa shape index (κ1) is 25.5. The SMILES string of the molecule is Cc1cnc(CCNC(=O)[C@@H]2CC[C@H](NC(=O)c3ccsc3)CN(C)C2)c(C)c1.O=CO. The van der Waals surface area contributed by atoms with Crippen LogP contribution in [0, 0.1) is 19.8 Å². The number of hydrogen-bond acceptors (Lipinski definition) is 6. The third-order valence-corrected chi connectivity index (χ3v) is 6.08. The maximum atomic E-state index is 12.7. The number of hydrogen-bond donors (Lipinski definition) is 3. The molecule has 32 heavy (non-hydrogen) atoms. The Morgan fingerprint density at radius 3 is 2.72 bits per heavy atom. The number of rotatable bonds is 6. The van der Waals surface area contributed by atoms with E-state index in [1.54, 1.807) is 0 Å². The molecule has 1 aliphatic heterocycles. The van der Waals surface area contributed by atoms with E-state index in [9.17, 15) is 9.59 Å². The molecule has 0 spiro atoms. The molecule has 0 aliphatic carbocycles. The largest absolute Gasteiger partial charge is 0.483 e. The summed E-state index contributed by atoms with van der Waals surface area (Å²) >= 11 is 1.52. The molecule has 1 saturated heterocycles. The first-order valence-electron chi connectivity index (χ1n) is 10.6. The normalized spacial score (nSPS) is 18.6. The third kappa shape index (κ3) is 8.05. The van der Waals surface area contributed by atoms with Gasteiger partial charge in [-0.15, -0.1) is 0 Å². The van der Waals surface area contributed by atoms with Crippen LogP contribution in [0.15, 0.2) is 29.1 Å². The van der Waals surface area contributed by atoms with E-state index < -0.39 is 0 Å². The summed E-state index contributed by atoms with van der Waals surface area (Å²) in [5.41, 5.74) is 4.05. The van der Waals surface area contributed by atoms with Crippen molar-refractivity contribution in [1.82, 2.24) is 20.5 Å². The molecule has 2 aromatic rings. The van der Waals surface area contributed by atoms with Crippen LogP contribution in [0.1, 0.15) is 40.0 Å². The lowest BCUT2D eigenvalue weighted by molar-refractivity contribution is -0.125. The zero-order chi connectivity index (χ0) is 23.5. The highest BCUT2D eigenvalue weighted by Gasteiger charge is 2.27. The van der Waals surface area contributed by atoms with Gasteiger partial charge in [-0.3, -0.25) is 19.4 Å². The molecular formula is C23H32N4O4S. The van der Waals surface area contributed by atoms with Crippen molar-refractivity contribution in [3.05, 3.63) is 51.5 Å². The number of nitrogens with zero attached hydrogens (tertiary/aromatic N) is 2. The number of amides is 2. The number of carbonyl (C=O) groups excluding carboxylic acids is 2. The molecule has 174 valence electrons. The number of carboxylic acid groups (broad SMARTS) is 1. The predicted octanol–water partition coefficient (Wildman–Crippen LogP) is 2.26. The van der Waals surface area contributed by atoms with E-state index in [2.05, 4.69) is 33.5 Å². The Bertz CT molecular complexity index is 888. The zero-order valence-electron chi connectivity index (χ0n) is 18.8. The van der Waals surface area contributed by atoms with E-state index in [0.717, 1.165) is 42.6 Å². The Kier molecular flexibility index (Phi) is 10.3. The second kappa shape index (κ2) is 12.9. The van der Waals surface area contributed by atoms with Crippen molar-refractivity contribution in [2.24, 2.45) is 5.92 Å². The molecule has 1 aliphatic rings. The molecule has 0 aromatic carbocycles. The van der Waals surface area contributed by atoms with Crippen LogP contribution in [0.25, 0.3) is 0 Å². The van der Waals surface area contributed by atoms with E-state index in [1.807, 2.05) is 37.0 Å². The minimum atomic E-state index is -0.250. The van der Waals surface area contributed by atoms with Gasteiger partial charge in [-0.1, -0.05) is 6.07 Å². The van der Waals surface area contributed by atoms with E-state index in [1.165, 1.54) is 11.3 Å². The molecular weight excluding hydrogens is 428 g/mol. The summed E-state index contributed by atoms with van der Waals surface area (Å²) in [7, 11) is 2.01. The summed E-state index contributed by atoms with van der Waals surface area (Å²) < 4.78 is 0. The van der Waals surface area contributed by atoms with Crippen molar-refractivity contribution >= 4 is 29.6 Å². The highest BCUT2D eigenvalue weighted by molar-refractivity contribution is 7.08. The van der Waals surface area contributed by atoms with Gasteiger partial charge in [0.15, 0.2) is 0 Å². The minimum absolute atomic E-state index is 0.0338. The van der Waals surface area contributed by atoms with Crippen molar-refractivity contribution < 1.29 is 19.5 Å². The summed E-state index contributed by atoms with van der Waals surface area (Å²) in [6, 6.07) is 4.01. The average molecular weight is 461 g/mol. The third-order valence-electron chi connectivity index (χ3n) is 5.40. The van der Waals surface area contributed by atoms with E-state index in [4.69, 9.17) is 9.90 Å². The maximum absolute atomic E-state index is 12.7. The van der Waals surface area contributed by atoms with Gasteiger partial charge in [0.2, 0.25) is 5.91 Å². The lowest BCUT2D eigenvalue weighted by atomic mass is 10.0. The second-order valence-corrected chi connectivity index (χ2v) is 8.88. The van der Waals surface area contributed by atoms with Gasteiger partial charge < -0.3 is 20.6 Å². The Morgan fingerprint density at radius 2 is 2.06 bits per heavy atom. The number of pyridine rings is 1. The van der Waals surface area contributed by atoms with Crippen molar-refractivity contribution in [3.8, 4) is 0 Å². The molecule has 0 radical (unpaired) electrons. The highest BCUT2D eigenvalue weighted by Crippen LogP contribution is 2.17. The number of aryl methyl sites for hydroxylation is 2. The Morgan fingerprint density at radius 1 is 1.31 bits per heavy atom. The van der Waals surface area contributed by atoms with Crippen LogP contribution in [0.3, 0.4) is 0 Å². The Balaban J connectivity index is 0.00000114. The smallest absolute Gasteiger partial charge is 0.290 e. The van der Waals surface area contributed by atoms with E-state index in [0.29, 0.717) is 18.7 Å². The van der Waals surface area contributed by atoms with Crippen molar-refractivity contribution in [2.75, 3.05) is 26.7 Å². The first-order valence-corrected chi connectivity index (χ1v) is 11.6. The number of likely N-dealkylation sites (tertiary alicyclic amines) is 1. The van der Waals surface area contributed by atoms with Gasteiger partial charge in [0.1, 0.15) is 0 Å². The summed E-state index contributed by atoms with van der Waals surface area (Å²) in [6.45, 7) is 5.89. The fourth-order valence-electron chi connectivity index (χ4n) is 3.86. The lowest BCUT2D eigenvalue weighted by Crippen LogP contribution is -2.42. The lowest BCUT2D eigenvalue weighted by Gasteiger charge is -2.21. The molecule has 9 heteroatoms. The quantitative estimate of drug-likeness (QED) is 0.570. The van der Waals surface area contributed by atoms with Crippen LogP contribution < -0.4 is 10.6 Å². The van der Waals surface area contributed by atoms with Crippen LogP contribution in [-0.4, -0.2) is 66.0 Å². The van der Waals surface area contributed by atoms with Crippen molar-refractivity contribution in [3.63, 3.8) is 0 Å². The van der Waals surface area contributed by atoms with Gasteiger partial charge in [-0.2, -0.15) is 11.3 Å². The molecule has 0 unspecified atom stereocenters. The van der Waals surface area contributed by atoms with Gasteiger partial charge in [0.05, 0.1) is 5.92 Å². The molecule has 2 atom stereocenters. The summed E-state index contributed by atoms with van der Waals surface area (Å²) in [4.78, 5) is 40.0. The van der Waals surface area contributed by atoms with Gasteiger partial charge in [-0.05, 0) is 56.3 Å². The number of likely N-dealkylation sites (N-methyl/N-ethyl adjacent to an activating group) is 1. The zero-order valence-corrected chi connectivity index (χ0v) is 19.7. The van der Waals surface area contributed by atoms with Crippen LogP contribution in [-0.2, 0) is 16.0 Å². The average Bonchev–Trinajstić information content (AvgIpc) is 3.21. The first-order chi connectivity index (χ1) is 15.3. The molecule has 3 N–H and O–H groups in total. The van der Waals surface area contributed by atoms with Gasteiger partial charge >= 0.3 is 0 Å². The highest BCUT2D eigenvalue weighted by atomic mass is 32.1. The molecule has 1 fully saturated rings.